The number of ether oxygens (including phenoxy) is 1. The lowest BCUT2D eigenvalue weighted by atomic mass is 10.1. The molecular formula is C14H9BrN2O4. The fourth-order valence-corrected chi connectivity index (χ4v) is 1.98. The molecule has 0 aromatic heterocycles. The van der Waals surface area contributed by atoms with Gasteiger partial charge in [-0.2, -0.15) is 5.26 Å². The van der Waals surface area contributed by atoms with Gasteiger partial charge in [0, 0.05) is 6.07 Å². The fourth-order valence-electron chi connectivity index (χ4n) is 1.65. The van der Waals surface area contributed by atoms with E-state index < -0.39 is 4.92 Å². The largest absolute Gasteiger partial charge is 0.455 e. The molecule has 1 N–H and O–H groups in total. The number of non-ortho nitro benzene ring substituents is 1. The van der Waals surface area contributed by atoms with Gasteiger partial charge < -0.3 is 9.84 Å². The summed E-state index contributed by atoms with van der Waals surface area (Å²) < 4.78 is 6.10. The molecule has 0 aliphatic carbocycles. The molecule has 0 fully saturated rings. The molecule has 2 aromatic rings. The molecule has 0 aliphatic heterocycles. The Morgan fingerprint density at radius 1 is 1.29 bits per heavy atom. The van der Waals surface area contributed by atoms with Crippen LogP contribution >= 0.6 is 15.9 Å². The standard InChI is InChI=1S/C14H9BrN2O4/c15-12-3-2-11(17(19)20)6-14(12)21-13-4-1-9(8-18)5-10(13)7-16/h1-6,18H,8H2. The molecule has 0 radical (unpaired) electrons. The van der Waals surface area contributed by atoms with Gasteiger partial charge in [0.25, 0.3) is 5.69 Å². The Morgan fingerprint density at radius 2 is 2.05 bits per heavy atom. The van der Waals surface area contributed by atoms with Crippen molar-refractivity contribution in [3.63, 3.8) is 0 Å². The van der Waals surface area contributed by atoms with Crippen LogP contribution in [0, 0.1) is 21.4 Å². The summed E-state index contributed by atoms with van der Waals surface area (Å²) in [6.45, 7) is -0.185. The smallest absolute Gasteiger partial charge is 0.273 e. The zero-order valence-corrected chi connectivity index (χ0v) is 12.2. The van der Waals surface area contributed by atoms with Gasteiger partial charge in [0.15, 0.2) is 0 Å². The predicted octanol–water partition coefficient (Wildman–Crippen LogP) is 3.51. The van der Waals surface area contributed by atoms with Gasteiger partial charge in [-0.25, -0.2) is 0 Å². The van der Waals surface area contributed by atoms with Crippen LogP contribution in [0.2, 0.25) is 0 Å². The van der Waals surface area contributed by atoms with Crippen molar-refractivity contribution >= 4 is 21.6 Å². The maximum absolute atomic E-state index is 10.8. The molecule has 0 saturated heterocycles. The Kier molecular flexibility index (Phi) is 4.52. The van der Waals surface area contributed by atoms with Gasteiger partial charge in [0.05, 0.1) is 27.6 Å². The number of aliphatic hydroxyl groups is 1. The number of nitrogens with zero attached hydrogens (tertiary/aromatic N) is 2. The van der Waals surface area contributed by atoms with Crippen LogP contribution in [0.1, 0.15) is 11.1 Å². The van der Waals surface area contributed by atoms with Crippen LogP contribution in [0.4, 0.5) is 5.69 Å². The lowest BCUT2D eigenvalue weighted by molar-refractivity contribution is -0.384. The Labute approximate surface area is 128 Å². The molecule has 2 rings (SSSR count). The molecule has 7 heteroatoms. The van der Waals surface area contributed by atoms with Crippen LogP contribution in [0.25, 0.3) is 0 Å². The maximum Gasteiger partial charge on any atom is 0.273 e. The molecule has 0 atom stereocenters. The highest BCUT2D eigenvalue weighted by Gasteiger charge is 2.13. The van der Waals surface area contributed by atoms with Crippen molar-refractivity contribution in [2.75, 3.05) is 0 Å². The normalized spacial score (nSPS) is 9.95. The quantitative estimate of drug-likeness (QED) is 0.673. The summed E-state index contributed by atoms with van der Waals surface area (Å²) in [5.74, 6) is 0.494. The molecular weight excluding hydrogens is 340 g/mol. The first-order chi connectivity index (χ1) is 10.0. The average molecular weight is 349 g/mol. The molecule has 0 amide bonds. The second-order valence-electron chi connectivity index (χ2n) is 4.07. The second kappa shape index (κ2) is 6.35. The van der Waals surface area contributed by atoms with E-state index in [1.807, 2.05) is 6.07 Å². The Balaban J connectivity index is 2.40. The summed E-state index contributed by atoms with van der Waals surface area (Å²) >= 11 is 3.24. The Morgan fingerprint density at radius 3 is 2.67 bits per heavy atom. The van der Waals surface area contributed by atoms with Gasteiger partial charge in [-0.05, 0) is 39.7 Å². The van der Waals surface area contributed by atoms with Crippen LogP contribution < -0.4 is 4.74 Å². The highest BCUT2D eigenvalue weighted by molar-refractivity contribution is 9.10. The number of halogens is 1. The Hall–Kier alpha value is -2.43. The third kappa shape index (κ3) is 3.37. The van der Waals surface area contributed by atoms with E-state index in [4.69, 9.17) is 15.1 Å². The summed E-state index contributed by atoms with van der Waals surface area (Å²) in [4.78, 5) is 10.2. The maximum atomic E-state index is 10.8. The molecule has 6 nitrogen and oxygen atoms in total. The number of aliphatic hydroxyl groups excluding tert-OH is 1. The van der Waals surface area contributed by atoms with Gasteiger partial charge in [-0.15, -0.1) is 0 Å². The third-order valence-corrected chi connectivity index (χ3v) is 3.35. The lowest BCUT2D eigenvalue weighted by Gasteiger charge is -2.10. The van der Waals surface area contributed by atoms with E-state index >= 15 is 0 Å². The highest BCUT2D eigenvalue weighted by atomic mass is 79.9. The summed E-state index contributed by atoms with van der Waals surface area (Å²) in [5.41, 5.74) is 0.704. The zero-order chi connectivity index (χ0) is 15.4. The number of nitriles is 1. The zero-order valence-electron chi connectivity index (χ0n) is 10.6. The lowest BCUT2D eigenvalue weighted by Crippen LogP contribution is -1.94. The molecule has 0 saturated carbocycles. The number of rotatable bonds is 4. The van der Waals surface area contributed by atoms with Gasteiger partial charge in [0.1, 0.15) is 17.6 Å². The van der Waals surface area contributed by atoms with E-state index in [-0.39, 0.29) is 29.4 Å². The first-order valence-corrected chi connectivity index (χ1v) is 6.60. The van der Waals surface area contributed by atoms with E-state index in [9.17, 15) is 10.1 Å². The van der Waals surface area contributed by atoms with Gasteiger partial charge in [-0.3, -0.25) is 10.1 Å². The molecule has 0 bridgehead atoms. The summed E-state index contributed by atoms with van der Waals surface area (Å²) in [6, 6.07) is 10.7. The second-order valence-corrected chi connectivity index (χ2v) is 4.93. The van der Waals surface area contributed by atoms with E-state index in [1.54, 1.807) is 6.07 Å². The van der Waals surface area contributed by atoms with Crippen LogP contribution in [-0.4, -0.2) is 10.0 Å². The van der Waals surface area contributed by atoms with Crippen LogP contribution in [-0.2, 0) is 6.61 Å². The minimum Gasteiger partial charge on any atom is -0.455 e. The van der Waals surface area contributed by atoms with Gasteiger partial charge in [0.2, 0.25) is 0 Å². The van der Waals surface area contributed by atoms with Crippen molar-refractivity contribution in [3.8, 4) is 17.6 Å². The number of hydrogen-bond donors (Lipinski definition) is 1. The molecule has 0 aliphatic rings. The number of hydrogen-bond acceptors (Lipinski definition) is 5. The Bertz CT molecular complexity index is 740. The highest BCUT2D eigenvalue weighted by Crippen LogP contribution is 2.34. The molecule has 106 valence electrons. The van der Waals surface area contributed by atoms with E-state index in [0.717, 1.165) is 0 Å². The number of benzene rings is 2. The van der Waals surface area contributed by atoms with Crippen LogP contribution in [0.3, 0.4) is 0 Å². The van der Waals surface area contributed by atoms with Crippen molar-refractivity contribution in [2.45, 2.75) is 6.61 Å². The molecule has 0 spiro atoms. The molecule has 21 heavy (non-hydrogen) atoms. The predicted molar refractivity (Wildman–Crippen MR) is 78.0 cm³/mol. The fraction of sp³-hybridized carbons (Fsp3) is 0.0714. The average Bonchev–Trinajstić information content (AvgIpc) is 2.49. The monoisotopic (exact) mass is 348 g/mol. The van der Waals surface area contributed by atoms with Crippen molar-refractivity contribution in [2.24, 2.45) is 0 Å². The summed E-state index contributed by atoms with van der Waals surface area (Å²) in [5, 5.41) is 28.9. The van der Waals surface area contributed by atoms with E-state index in [0.29, 0.717) is 10.0 Å². The van der Waals surface area contributed by atoms with Crippen LogP contribution in [0.5, 0.6) is 11.5 Å². The SMILES string of the molecule is N#Cc1cc(CO)ccc1Oc1cc([N+](=O)[O-])ccc1Br. The number of nitro groups is 1. The third-order valence-electron chi connectivity index (χ3n) is 2.69. The minimum absolute atomic E-state index is 0.112. The number of nitro benzene ring substituents is 1. The molecule has 0 unspecified atom stereocenters. The first kappa shape index (κ1) is 15.0. The molecule has 0 heterocycles. The van der Waals surface area contributed by atoms with E-state index in [2.05, 4.69) is 15.9 Å². The van der Waals surface area contributed by atoms with Crippen molar-refractivity contribution in [3.05, 3.63) is 62.1 Å². The minimum atomic E-state index is -0.528. The summed E-state index contributed by atoms with van der Waals surface area (Å²) in [6.07, 6.45) is 0. The summed E-state index contributed by atoms with van der Waals surface area (Å²) in [7, 11) is 0. The topological polar surface area (TPSA) is 96.4 Å². The molecule has 2 aromatic carbocycles. The van der Waals surface area contributed by atoms with Gasteiger partial charge in [-0.1, -0.05) is 6.07 Å². The van der Waals surface area contributed by atoms with Crippen LogP contribution in [0.15, 0.2) is 40.9 Å². The van der Waals surface area contributed by atoms with Crippen molar-refractivity contribution in [1.82, 2.24) is 0 Å². The van der Waals surface area contributed by atoms with Gasteiger partial charge >= 0.3 is 0 Å². The first-order valence-electron chi connectivity index (χ1n) is 5.81. The van der Waals surface area contributed by atoms with E-state index in [1.165, 1.54) is 30.3 Å². The van der Waals surface area contributed by atoms with Crippen molar-refractivity contribution < 1.29 is 14.8 Å². The van der Waals surface area contributed by atoms with Crippen molar-refractivity contribution in [1.29, 1.82) is 5.26 Å².